The third-order valence-corrected chi connectivity index (χ3v) is 5.30. The maximum atomic E-state index is 5.50. The summed E-state index contributed by atoms with van der Waals surface area (Å²) in [5, 5.41) is 11.5. The van der Waals surface area contributed by atoms with Crippen LogP contribution < -0.4 is 20.3 Å². The highest BCUT2D eigenvalue weighted by Gasteiger charge is 2.25. The lowest BCUT2D eigenvalue weighted by Gasteiger charge is -2.26. The van der Waals surface area contributed by atoms with Crippen molar-refractivity contribution in [3.63, 3.8) is 0 Å². The van der Waals surface area contributed by atoms with Crippen molar-refractivity contribution in [2.24, 2.45) is 11.8 Å². The van der Waals surface area contributed by atoms with E-state index in [9.17, 15) is 0 Å². The van der Waals surface area contributed by atoms with Gasteiger partial charge in [-0.25, -0.2) is 4.68 Å². The summed E-state index contributed by atoms with van der Waals surface area (Å²) in [6.07, 6.45) is 3.10. The zero-order valence-electron chi connectivity index (χ0n) is 14.8. The molecule has 1 saturated heterocycles. The fourth-order valence-corrected chi connectivity index (χ4v) is 3.92. The highest BCUT2D eigenvalue weighted by molar-refractivity contribution is 5.59. The molecule has 1 aromatic carbocycles. The van der Waals surface area contributed by atoms with E-state index in [0.29, 0.717) is 11.8 Å². The molecule has 2 aromatic rings. The Hall–Kier alpha value is -2.21. The number of hydrogen-bond acceptors (Lipinski definition) is 5. The number of anilines is 2. The number of methoxy groups -OCH3 is 1. The van der Waals surface area contributed by atoms with Gasteiger partial charge in [-0.2, -0.15) is 5.10 Å². The summed E-state index contributed by atoms with van der Waals surface area (Å²) in [4.78, 5) is 2.45. The molecule has 2 aliphatic rings. The highest BCUT2D eigenvalue weighted by Crippen LogP contribution is 2.31. The number of aromatic nitrogens is 2. The summed E-state index contributed by atoms with van der Waals surface area (Å²) < 4.78 is 7.57. The van der Waals surface area contributed by atoms with Crippen LogP contribution in [0.3, 0.4) is 0 Å². The van der Waals surface area contributed by atoms with E-state index in [0.717, 1.165) is 50.8 Å². The van der Waals surface area contributed by atoms with E-state index in [2.05, 4.69) is 37.4 Å². The first kappa shape index (κ1) is 16.3. The molecule has 2 N–H and O–H groups in total. The number of ether oxygens (including phenoxy) is 1. The van der Waals surface area contributed by atoms with Crippen molar-refractivity contribution in [3.05, 3.63) is 36.5 Å². The number of para-hydroxylation sites is 2. The second-order valence-corrected chi connectivity index (χ2v) is 7.08. The molecular formula is C19H27N5O. The van der Waals surface area contributed by atoms with Gasteiger partial charge in [-0.3, -0.25) is 0 Å². The maximum Gasteiger partial charge on any atom is 0.142 e. The first-order valence-electron chi connectivity index (χ1n) is 9.18. The molecule has 1 fully saturated rings. The SMILES string of the molecule is COc1ccccc1N1CC[C@H](CNC[C@H]2CNc3ccnn3C2)C1. The largest absolute Gasteiger partial charge is 0.495 e. The molecule has 2 aliphatic heterocycles. The maximum absolute atomic E-state index is 5.50. The van der Waals surface area contributed by atoms with Crippen LogP contribution in [0.4, 0.5) is 11.5 Å². The highest BCUT2D eigenvalue weighted by atomic mass is 16.5. The average Bonchev–Trinajstić information content (AvgIpc) is 3.30. The monoisotopic (exact) mass is 341 g/mol. The summed E-state index contributed by atoms with van der Waals surface area (Å²) in [6, 6.07) is 10.4. The fourth-order valence-electron chi connectivity index (χ4n) is 3.92. The van der Waals surface area contributed by atoms with Crippen LogP contribution in [0.25, 0.3) is 0 Å². The third-order valence-electron chi connectivity index (χ3n) is 5.30. The second kappa shape index (κ2) is 7.35. The normalized spacial score (nSPS) is 22.5. The second-order valence-electron chi connectivity index (χ2n) is 7.08. The van der Waals surface area contributed by atoms with Gasteiger partial charge < -0.3 is 20.3 Å². The van der Waals surface area contributed by atoms with Crippen molar-refractivity contribution in [3.8, 4) is 5.75 Å². The van der Waals surface area contributed by atoms with Crippen molar-refractivity contribution >= 4 is 11.5 Å². The van der Waals surface area contributed by atoms with E-state index in [1.54, 1.807) is 7.11 Å². The van der Waals surface area contributed by atoms with Crippen molar-refractivity contribution < 1.29 is 4.74 Å². The number of fused-ring (bicyclic) bond motifs is 1. The Balaban J connectivity index is 1.24. The van der Waals surface area contributed by atoms with Crippen LogP contribution in [0.1, 0.15) is 6.42 Å². The lowest BCUT2D eigenvalue weighted by molar-refractivity contribution is 0.378. The zero-order valence-corrected chi connectivity index (χ0v) is 14.8. The van der Waals surface area contributed by atoms with E-state index in [1.165, 1.54) is 12.1 Å². The lowest BCUT2D eigenvalue weighted by Crippen LogP contribution is -2.37. The summed E-state index contributed by atoms with van der Waals surface area (Å²) in [7, 11) is 1.75. The topological polar surface area (TPSA) is 54.4 Å². The molecule has 0 bridgehead atoms. The predicted molar refractivity (Wildman–Crippen MR) is 100 cm³/mol. The van der Waals surface area contributed by atoms with Crippen molar-refractivity contribution in [1.29, 1.82) is 0 Å². The fraction of sp³-hybridized carbons (Fsp3) is 0.526. The number of benzene rings is 1. The van der Waals surface area contributed by atoms with Gasteiger partial charge in [0.2, 0.25) is 0 Å². The summed E-state index contributed by atoms with van der Waals surface area (Å²) in [6.45, 7) is 6.34. The molecule has 6 heteroatoms. The zero-order chi connectivity index (χ0) is 17.1. The third kappa shape index (κ3) is 3.58. The summed E-state index contributed by atoms with van der Waals surface area (Å²) in [5.41, 5.74) is 1.22. The molecule has 0 saturated carbocycles. The molecule has 0 aliphatic carbocycles. The number of hydrogen-bond donors (Lipinski definition) is 2. The quantitative estimate of drug-likeness (QED) is 0.842. The lowest BCUT2D eigenvalue weighted by atomic mass is 10.1. The molecule has 0 unspecified atom stereocenters. The Morgan fingerprint density at radius 1 is 1.20 bits per heavy atom. The first-order valence-corrected chi connectivity index (χ1v) is 9.18. The van der Waals surface area contributed by atoms with Gasteiger partial charge >= 0.3 is 0 Å². The molecule has 1 aromatic heterocycles. The van der Waals surface area contributed by atoms with Crippen LogP contribution in [0.5, 0.6) is 5.75 Å². The van der Waals surface area contributed by atoms with E-state index < -0.39 is 0 Å². The number of rotatable bonds is 6. The van der Waals surface area contributed by atoms with Gasteiger partial charge in [-0.15, -0.1) is 0 Å². The van der Waals surface area contributed by atoms with Gasteiger partial charge in [0.15, 0.2) is 0 Å². The predicted octanol–water partition coefficient (Wildman–Crippen LogP) is 2.05. The Kier molecular flexibility index (Phi) is 4.78. The molecule has 2 atom stereocenters. The van der Waals surface area contributed by atoms with E-state index >= 15 is 0 Å². The first-order chi connectivity index (χ1) is 12.3. The molecule has 0 amide bonds. The number of nitrogens with zero attached hydrogens (tertiary/aromatic N) is 3. The number of nitrogens with one attached hydrogen (secondary N) is 2. The van der Waals surface area contributed by atoms with Crippen molar-refractivity contribution in [1.82, 2.24) is 15.1 Å². The van der Waals surface area contributed by atoms with Gasteiger partial charge in [0.25, 0.3) is 0 Å². The summed E-state index contributed by atoms with van der Waals surface area (Å²) in [5.74, 6) is 3.40. The Morgan fingerprint density at radius 2 is 2.08 bits per heavy atom. The van der Waals surface area contributed by atoms with Gasteiger partial charge in [0, 0.05) is 44.7 Å². The van der Waals surface area contributed by atoms with Crippen LogP contribution >= 0.6 is 0 Å². The molecule has 0 radical (unpaired) electrons. The van der Waals surface area contributed by atoms with Crippen molar-refractivity contribution in [2.75, 3.05) is 50.1 Å². The molecule has 0 spiro atoms. The Morgan fingerprint density at radius 3 is 3.00 bits per heavy atom. The molecule has 25 heavy (non-hydrogen) atoms. The molecule has 3 heterocycles. The average molecular weight is 341 g/mol. The van der Waals surface area contributed by atoms with Crippen LogP contribution in [0, 0.1) is 11.8 Å². The van der Waals surface area contributed by atoms with Crippen LogP contribution in [-0.2, 0) is 6.54 Å². The smallest absolute Gasteiger partial charge is 0.142 e. The van der Waals surface area contributed by atoms with E-state index in [-0.39, 0.29) is 0 Å². The van der Waals surface area contributed by atoms with E-state index in [1.807, 2.05) is 24.4 Å². The van der Waals surface area contributed by atoms with Gasteiger partial charge in [0.05, 0.1) is 19.0 Å². The minimum atomic E-state index is 0.596. The minimum absolute atomic E-state index is 0.596. The Labute approximate surface area is 149 Å². The van der Waals surface area contributed by atoms with Gasteiger partial charge in [0.1, 0.15) is 11.6 Å². The summed E-state index contributed by atoms with van der Waals surface area (Å²) >= 11 is 0. The molecular weight excluding hydrogens is 314 g/mol. The standard InChI is InChI=1S/C19H27N5O/c1-25-18-5-3-2-4-17(18)23-9-7-15(13-23)10-20-11-16-12-21-19-6-8-22-24(19)14-16/h2-6,8,15-16,20-21H,7,9-14H2,1H3/t15-,16+/m1/s1. The minimum Gasteiger partial charge on any atom is -0.495 e. The van der Waals surface area contributed by atoms with Crippen LogP contribution in [-0.4, -0.2) is 49.6 Å². The molecule has 6 nitrogen and oxygen atoms in total. The Bertz CT molecular complexity index is 701. The molecule has 134 valence electrons. The van der Waals surface area contributed by atoms with Gasteiger partial charge in [-0.1, -0.05) is 12.1 Å². The van der Waals surface area contributed by atoms with Crippen molar-refractivity contribution in [2.45, 2.75) is 13.0 Å². The van der Waals surface area contributed by atoms with E-state index in [4.69, 9.17) is 4.74 Å². The van der Waals surface area contributed by atoms with Gasteiger partial charge in [-0.05, 0) is 31.0 Å². The van der Waals surface area contributed by atoms with Crippen LogP contribution in [0.15, 0.2) is 36.5 Å². The molecule has 4 rings (SSSR count). The van der Waals surface area contributed by atoms with Crippen LogP contribution in [0.2, 0.25) is 0 Å².